The lowest BCUT2D eigenvalue weighted by molar-refractivity contribution is 0.0947. The molecule has 0 aliphatic heterocycles. The third-order valence-corrected chi connectivity index (χ3v) is 3.81. The molecule has 0 fully saturated rings. The van der Waals surface area contributed by atoms with Gasteiger partial charge in [0, 0.05) is 16.0 Å². The van der Waals surface area contributed by atoms with Gasteiger partial charge in [-0.05, 0) is 31.5 Å². The van der Waals surface area contributed by atoms with Gasteiger partial charge in [0.25, 0.3) is 5.91 Å². The molecular formula is C13H13FN2OS. The number of carbonyl (C=O) groups excluding carboxylic acids is 1. The van der Waals surface area contributed by atoms with Crippen LogP contribution in [0.25, 0.3) is 0 Å². The Balaban J connectivity index is 2.03. The maximum absolute atomic E-state index is 13.3. The zero-order valence-corrected chi connectivity index (χ0v) is 11.0. The van der Waals surface area contributed by atoms with Crippen LogP contribution >= 0.6 is 11.3 Å². The van der Waals surface area contributed by atoms with E-state index in [9.17, 15) is 9.18 Å². The van der Waals surface area contributed by atoms with Crippen molar-refractivity contribution in [3.05, 3.63) is 51.2 Å². The Morgan fingerprint density at radius 2 is 2.28 bits per heavy atom. The lowest BCUT2D eigenvalue weighted by Crippen LogP contribution is -2.23. The first-order valence-corrected chi connectivity index (χ1v) is 6.33. The minimum Gasteiger partial charge on any atom is -0.347 e. The van der Waals surface area contributed by atoms with E-state index < -0.39 is 11.7 Å². The molecule has 3 nitrogen and oxygen atoms in total. The number of thiophene rings is 1. The second-order valence-electron chi connectivity index (χ2n) is 3.99. The van der Waals surface area contributed by atoms with Crippen molar-refractivity contribution in [3.8, 4) is 0 Å². The number of nitrogens with zero attached hydrogens (tertiary/aromatic N) is 1. The van der Waals surface area contributed by atoms with Gasteiger partial charge in [-0.25, -0.2) is 4.39 Å². The Morgan fingerprint density at radius 1 is 1.50 bits per heavy atom. The Bertz CT molecular complexity index is 561. The summed E-state index contributed by atoms with van der Waals surface area (Å²) in [5.41, 5.74) is 1.23. The molecule has 0 aliphatic carbocycles. The number of halogens is 1. The van der Waals surface area contributed by atoms with Gasteiger partial charge in [-0.2, -0.15) is 0 Å². The highest BCUT2D eigenvalue weighted by molar-refractivity contribution is 7.12. The van der Waals surface area contributed by atoms with Crippen molar-refractivity contribution in [2.24, 2.45) is 0 Å². The van der Waals surface area contributed by atoms with Crippen molar-refractivity contribution < 1.29 is 9.18 Å². The normalized spacial score (nSPS) is 10.4. The summed E-state index contributed by atoms with van der Waals surface area (Å²) in [6.45, 7) is 4.48. The molecule has 18 heavy (non-hydrogen) atoms. The first kappa shape index (κ1) is 12.7. The minimum absolute atomic E-state index is 0.0231. The van der Waals surface area contributed by atoms with E-state index in [4.69, 9.17) is 0 Å². The first-order chi connectivity index (χ1) is 8.58. The number of hydrogen-bond acceptors (Lipinski definition) is 3. The third-order valence-electron chi connectivity index (χ3n) is 2.66. The number of aryl methyl sites for hydroxylation is 2. The second kappa shape index (κ2) is 5.27. The van der Waals surface area contributed by atoms with Crippen LogP contribution in [-0.2, 0) is 6.54 Å². The fraction of sp³-hybridized carbons (Fsp3) is 0.231. The molecule has 0 radical (unpaired) electrons. The summed E-state index contributed by atoms with van der Waals surface area (Å²) in [6, 6.07) is 3.40. The topological polar surface area (TPSA) is 42.0 Å². The summed E-state index contributed by atoms with van der Waals surface area (Å²) in [7, 11) is 0. The number of carbonyl (C=O) groups is 1. The highest BCUT2D eigenvalue weighted by Gasteiger charge is 2.11. The van der Waals surface area contributed by atoms with E-state index >= 15 is 0 Å². The average molecular weight is 264 g/mol. The number of pyridine rings is 1. The van der Waals surface area contributed by atoms with Gasteiger partial charge in [0.2, 0.25) is 0 Å². The van der Waals surface area contributed by atoms with Gasteiger partial charge in [0.15, 0.2) is 5.82 Å². The molecule has 0 saturated heterocycles. The van der Waals surface area contributed by atoms with E-state index in [1.165, 1.54) is 22.7 Å². The fourth-order valence-electron chi connectivity index (χ4n) is 1.56. The molecule has 2 aromatic rings. The van der Waals surface area contributed by atoms with E-state index in [1.807, 2.05) is 19.9 Å². The van der Waals surface area contributed by atoms with E-state index in [0.29, 0.717) is 6.54 Å². The number of hydrogen-bond donors (Lipinski definition) is 1. The van der Waals surface area contributed by atoms with Crippen molar-refractivity contribution in [2.45, 2.75) is 20.4 Å². The van der Waals surface area contributed by atoms with Crippen molar-refractivity contribution in [1.29, 1.82) is 0 Å². The molecule has 2 heterocycles. The summed E-state index contributed by atoms with van der Waals surface area (Å²) in [5, 5.41) is 2.70. The summed E-state index contributed by atoms with van der Waals surface area (Å²) in [6.07, 6.45) is 2.44. The van der Waals surface area contributed by atoms with Crippen LogP contribution in [0.4, 0.5) is 4.39 Å². The van der Waals surface area contributed by atoms with Crippen LogP contribution in [0.3, 0.4) is 0 Å². The van der Waals surface area contributed by atoms with Crippen LogP contribution in [0.2, 0.25) is 0 Å². The smallest absolute Gasteiger partial charge is 0.254 e. The molecule has 1 N–H and O–H groups in total. The van der Waals surface area contributed by atoms with Crippen molar-refractivity contribution in [1.82, 2.24) is 10.3 Å². The predicted octanol–water partition coefficient (Wildman–Crippen LogP) is 2.83. The summed E-state index contributed by atoms with van der Waals surface area (Å²) >= 11 is 1.63. The molecular weight excluding hydrogens is 251 g/mol. The van der Waals surface area contributed by atoms with Gasteiger partial charge >= 0.3 is 0 Å². The Labute approximate surface area is 109 Å². The molecule has 0 aromatic carbocycles. The third kappa shape index (κ3) is 2.73. The standard InChI is InChI=1S/C13H13FN2OS/c1-8-5-10(18-9(8)2)6-16-13(17)11-3-4-15-7-12(11)14/h3-5,7H,6H2,1-2H3,(H,16,17). The highest BCUT2D eigenvalue weighted by atomic mass is 32.1. The summed E-state index contributed by atoms with van der Waals surface area (Å²) in [5.74, 6) is -1.02. The maximum atomic E-state index is 13.3. The molecule has 5 heteroatoms. The van der Waals surface area contributed by atoms with Gasteiger partial charge in [0.05, 0.1) is 18.3 Å². The van der Waals surface area contributed by atoms with Gasteiger partial charge < -0.3 is 5.32 Å². The maximum Gasteiger partial charge on any atom is 0.254 e. The summed E-state index contributed by atoms with van der Waals surface area (Å²) in [4.78, 5) is 17.7. The molecule has 0 saturated carbocycles. The van der Waals surface area contributed by atoms with Gasteiger partial charge in [-0.1, -0.05) is 0 Å². The Morgan fingerprint density at radius 3 is 2.89 bits per heavy atom. The molecule has 0 atom stereocenters. The first-order valence-electron chi connectivity index (χ1n) is 5.51. The van der Waals surface area contributed by atoms with Crippen molar-refractivity contribution >= 4 is 17.2 Å². The van der Waals surface area contributed by atoms with Crippen LogP contribution < -0.4 is 5.32 Å². The van der Waals surface area contributed by atoms with Crippen LogP contribution in [0.5, 0.6) is 0 Å². The zero-order valence-electron chi connectivity index (χ0n) is 10.2. The van der Waals surface area contributed by atoms with E-state index in [1.54, 1.807) is 11.3 Å². The van der Waals surface area contributed by atoms with E-state index in [-0.39, 0.29) is 5.56 Å². The Kier molecular flexibility index (Phi) is 3.72. The van der Waals surface area contributed by atoms with Crippen LogP contribution in [0.15, 0.2) is 24.5 Å². The summed E-state index contributed by atoms with van der Waals surface area (Å²) < 4.78 is 13.3. The van der Waals surface area contributed by atoms with Crippen LogP contribution in [0.1, 0.15) is 25.7 Å². The van der Waals surface area contributed by atoms with Gasteiger partial charge in [-0.3, -0.25) is 9.78 Å². The Hall–Kier alpha value is -1.75. The lowest BCUT2D eigenvalue weighted by Gasteiger charge is -2.04. The molecule has 2 rings (SSSR count). The molecule has 1 amide bonds. The monoisotopic (exact) mass is 264 g/mol. The molecule has 0 aliphatic rings. The van der Waals surface area contributed by atoms with Crippen LogP contribution in [-0.4, -0.2) is 10.9 Å². The van der Waals surface area contributed by atoms with Gasteiger partial charge in [0.1, 0.15) is 0 Å². The molecule has 0 bridgehead atoms. The molecule has 94 valence electrons. The number of aromatic nitrogens is 1. The van der Waals surface area contributed by atoms with Crippen LogP contribution in [0, 0.1) is 19.7 Å². The predicted molar refractivity (Wildman–Crippen MR) is 69.2 cm³/mol. The second-order valence-corrected chi connectivity index (χ2v) is 5.33. The number of nitrogens with one attached hydrogen (secondary N) is 1. The van der Waals surface area contributed by atoms with E-state index in [2.05, 4.69) is 10.3 Å². The molecule has 2 aromatic heterocycles. The quantitative estimate of drug-likeness (QED) is 0.926. The van der Waals surface area contributed by atoms with E-state index in [0.717, 1.165) is 11.1 Å². The molecule has 0 spiro atoms. The largest absolute Gasteiger partial charge is 0.347 e. The van der Waals surface area contributed by atoms with Gasteiger partial charge in [-0.15, -0.1) is 11.3 Å². The lowest BCUT2D eigenvalue weighted by atomic mass is 10.2. The average Bonchev–Trinajstić information content (AvgIpc) is 2.66. The zero-order chi connectivity index (χ0) is 13.1. The van der Waals surface area contributed by atoms with Crippen molar-refractivity contribution in [3.63, 3.8) is 0 Å². The van der Waals surface area contributed by atoms with Crippen molar-refractivity contribution in [2.75, 3.05) is 0 Å². The SMILES string of the molecule is Cc1cc(CNC(=O)c2ccncc2F)sc1C. The highest BCUT2D eigenvalue weighted by Crippen LogP contribution is 2.20. The number of rotatable bonds is 3. The molecule has 0 unspecified atom stereocenters. The fourth-order valence-corrected chi connectivity index (χ4v) is 2.55. The minimum atomic E-state index is -0.603. The number of amides is 1.